The molecule has 0 unspecified atom stereocenters. The van der Waals surface area contributed by atoms with Gasteiger partial charge >= 0.3 is 0 Å². The first-order valence-corrected chi connectivity index (χ1v) is 5.45. The molecule has 13 heavy (non-hydrogen) atoms. The van der Waals surface area contributed by atoms with Gasteiger partial charge in [0.15, 0.2) is 0 Å². The van der Waals surface area contributed by atoms with E-state index >= 15 is 0 Å². The molecular weight excluding hydrogens is 158 g/mol. The SMILES string of the molecule is CCCCc1[c][nH]cc1CCCC. The van der Waals surface area contributed by atoms with Crippen LogP contribution in [0.4, 0.5) is 0 Å². The van der Waals surface area contributed by atoms with Crippen LogP contribution >= 0.6 is 0 Å². The molecule has 0 fully saturated rings. The van der Waals surface area contributed by atoms with Gasteiger partial charge in [0.1, 0.15) is 0 Å². The number of nitrogens with one attached hydrogen (secondary N) is 1. The summed E-state index contributed by atoms with van der Waals surface area (Å²) in [4.78, 5) is 3.09. The highest BCUT2D eigenvalue weighted by Crippen LogP contribution is 2.13. The number of aryl methyl sites for hydroxylation is 2. The van der Waals surface area contributed by atoms with Crippen molar-refractivity contribution < 1.29 is 0 Å². The molecule has 0 aliphatic rings. The molecular formula is C12H20N. The van der Waals surface area contributed by atoms with E-state index in [-0.39, 0.29) is 0 Å². The zero-order valence-corrected chi connectivity index (χ0v) is 8.82. The predicted molar refractivity (Wildman–Crippen MR) is 56.9 cm³/mol. The average molecular weight is 178 g/mol. The lowest BCUT2D eigenvalue weighted by atomic mass is 10.0. The van der Waals surface area contributed by atoms with Gasteiger partial charge in [-0.15, -0.1) is 0 Å². The molecule has 0 atom stereocenters. The Morgan fingerprint density at radius 2 is 1.85 bits per heavy atom. The minimum Gasteiger partial charge on any atom is -0.359 e. The van der Waals surface area contributed by atoms with Gasteiger partial charge in [0, 0.05) is 6.20 Å². The maximum atomic E-state index is 3.22. The smallest absolute Gasteiger partial charge is 0.0657 e. The Balaban J connectivity index is 2.45. The third kappa shape index (κ3) is 3.25. The van der Waals surface area contributed by atoms with Crippen molar-refractivity contribution in [2.45, 2.75) is 52.4 Å². The topological polar surface area (TPSA) is 15.8 Å². The normalized spacial score (nSPS) is 10.6. The Labute approximate surface area is 81.6 Å². The highest BCUT2D eigenvalue weighted by atomic mass is 14.6. The summed E-state index contributed by atoms with van der Waals surface area (Å²) in [5, 5.41) is 0. The van der Waals surface area contributed by atoms with Crippen LogP contribution in [0.2, 0.25) is 0 Å². The molecule has 1 radical (unpaired) electrons. The van der Waals surface area contributed by atoms with Gasteiger partial charge in [0.05, 0.1) is 6.20 Å². The number of unbranched alkanes of at least 4 members (excludes halogenated alkanes) is 2. The Morgan fingerprint density at radius 1 is 1.15 bits per heavy atom. The van der Waals surface area contributed by atoms with Gasteiger partial charge in [0.25, 0.3) is 0 Å². The van der Waals surface area contributed by atoms with E-state index in [1.54, 1.807) is 0 Å². The van der Waals surface area contributed by atoms with E-state index in [1.165, 1.54) is 49.7 Å². The third-order valence-corrected chi connectivity index (χ3v) is 2.44. The molecule has 0 amide bonds. The third-order valence-electron chi connectivity index (χ3n) is 2.44. The molecule has 0 aliphatic heterocycles. The number of H-pyrrole nitrogens is 1. The van der Waals surface area contributed by atoms with E-state index in [4.69, 9.17) is 0 Å². The van der Waals surface area contributed by atoms with Gasteiger partial charge in [-0.25, -0.2) is 0 Å². The van der Waals surface area contributed by atoms with E-state index < -0.39 is 0 Å². The second-order valence-corrected chi connectivity index (χ2v) is 3.62. The largest absolute Gasteiger partial charge is 0.359 e. The first-order chi connectivity index (χ1) is 6.38. The molecule has 0 spiro atoms. The lowest BCUT2D eigenvalue weighted by molar-refractivity contribution is 0.762. The van der Waals surface area contributed by atoms with Gasteiger partial charge in [-0.05, 0) is 36.8 Å². The van der Waals surface area contributed by atoms with Gasteiger partial charge in [-0.2, -0.15) is 0 Å². The summed E-state index contributed by atoms with van der Waals surface area (Å²) in [5.41, 5.74) is 2.89. The van der Waals surface area contributed by atoms with E-state index in [9.17, 15) is 0 Å². The van der Waals surface area contributed by atoms with Crippen molar-refractivity contribution in [3.63, 3.8) is 0 Å². The molecule has 0 saturated carbocycles. The maximum absolute atomic E-state index is 3.22. The van der Waals surface area contributed by atoms with E-state index in [0.717, 1.165) is 0 Å². The molecule has 73 valence electrons. The predicted octanol–water partition coefficient (Wildman–Crippen LogP) is 3.50. The van der Waals surface area contributed by atoms with Crippen LogP contribution in [0.15, 0.2) is 6.20 Å². The molecule has 1 heterocycles. The lowest BCUT2D eigenvalue weighted by Crippen LogP contribution is -1.90. The van der Waals surface area contributed by atoms with E-state index in [1.807, 2.05) is 0 Å². The summed E-state index contributed by atoms with van der Waals surface area (Å²) in [5.74, 6) is 0. The summed E-state index contributed by atoms with van der Waals surface area (Å²) in [6.45, 7) is 4.47. The monoisotopic (exact) mass is 178 g/mol. The van der Waals surface area contributed by atoms with Crippen LogP contribution < -0.4 is 0 Å². The number of hydrogen-bond acceptors (Lipinski definition) is 0. The van der Waals surface area contributed by atoms with Gasteiger partial charge in [-0.3, -0.25) is 0 Å². The van der Waals surface area contributed by atoms with Gasteiger partial charge in [0.2, 0.25) is 0 Å². The van der Waals surface area contributed by atoms with Crippen LogP contribution in [0.1, 0.15) is 50.7 Å². The highest BCUT2D eigenvalue weighted by molar-refractivity contribution is 5.22. The van der Waals surface area contributed by atoms with Crippen LogP contribution in [0.3, 0.4) is 0 Å². The molecule has 0 aromatic carbocycles. The van der Waals surface area contributed by atoms with Gasteiger partial charge < -0.3 is 4.98 Å². The van der Waals surface area contributed by atoms with Crippen molar-refractivity contribution in [3.05, 3.63) is 23.5 Å². The molecule has 1 rings (SSSR count). The van der Waals surface area contributed by atoms with E-state index in [0.29, 0.717) is 0 Å². The zero-order valence-electron chi connectivity index (χ0n) is 8.82. The van der Waals surface area contributed by atoms with Gasteiger partial charge in [-0.1, -0.05) is 26.7 Å². The molecule has 1 aromatic heterocycles. The fourth-order valence-electron chi connectivity index (χ4n) is 1.54. The maximum Gasteiger partial charge on any atom is 0.0657 e. The minimum atomic E-state index is 1.19. The van der Waals surface area contributed by atoms with Crippen LogP contribution in [0.25, 0.3) is 0 Å². The molecule has 1 nitrogen and oxygen atoms in total. The molecule has 0 bridgehead atoms. The highest BCUT2D eigenvalue weighted by Gasteiger charge is 2.02. The molecule has 1 aromatic rings. The zero-order chi connectivity index (χ0) is 9.52. The van der Waals surface area contributed by atoms with Crippen LogP contribution in [0, 0.1) is 6.20 Å². The number of hydrogen-bond donors (Lipinski definition) is 1. The number of aromatic nitrogens is 1. The standard InChI is InChI=1S/C12H20N/c1-3-5-7-11-9-13-10-12(11)8-6-4-2/h9,13H,3-8H2,1-2H3. The van der Waals surface area contributed by atoms with Crippen molar-refractivity contribution in [3.8, 4) is 0 Å². The number of aromatic amines is 1. The Kier molecular flexibility index (Phi) is 4.66. The fraction of sp³-hybridized carbons (Fsp3) is 0.667. The summed E-state index contributed by atoms with van der Waals surface area (Å²) >= 11 is 0. The Hall–Kier alpha value is -0.720. The van der Waals surface area contributed by atoms with Crippen molar-refractivity contribution in [1.82, 2.24) is 4.98 Å². The Morgan fingerprint density at radius 3 is 2.54 bits per heavy atom. The van der Waals surface area contributed by atoms with Crippen molar-refractivity contribution >= 4 is 0 Å². The van der Waals surface area contributed by atoms with E-state index in [2.05, 4.69) is 31.2 Å². The van der Waals surface area contributed by atoms with Crippen LogP contribution in [-0.2, 0) is 12.8 Å². The first kappa shape index (κ1) is 10.4. The second kappa shape index (κ2) is 5.85. The average Bonchev–Trinajstić information content (AvgIpc) is 2.59. The molecule has 0 aliphatic carbocycles. The van der Waals surface area contributed by atoms with Crippen LogP contribution in [0.5, 0.6) is 0 Å². The fourth-order valence-corrected chi connectivity index (χ4v) is 1.54. The van der Waals surface area contributed by atoms with Crippen molar-refractivity contribution in [2.24, 2.45) is 0 Å². The summed E-state index contributed by atoms with van der Waals surface area (Å²) in [6, 6.07) is 0. The minimum absolute atomic E-state index is 1.19. The summed E-state index contributed by atoms with van der Waals surface area (Å²) < 4.78 is 0. The van der Waals surface area contributed by atoms with Crippen LogP contribution in [-0.4, -0.2) is 4.98 Å². The first-order valence-electron chi connectivity index (χ1n) is 5.45. The summed E-state index contributed by atoms with van der Waals surface area (Å²) in [7, 11) is 0. The van der Waals surface area contributed by atoms with Crippen molar-refractivity contribution in [1.29, 1.82) is 0 Å². The molecule has 1 N–H and O–H groups in total. The molecule has 1 heteroatoms. The second-order valence-electron chi connectivity index (χ2n) is 3.62. The lowest BCUT2D eigenvalue weighted by Gasteiger charge is -2.01. The molecule has 0 saturated heterocycles. The Bertz CT molecular complexity index is 202. The summed E-state index contributed by atoms with van der Waals surface area (Å²) in [6.07, 6.45) is 12.9. The van der Waals surface area contributed by atoms with Crippen molar-refractivity contribution in [2.75, 3.05) is 0 Å². The number of rotatable bonds is 6. The quantitative estimate of drug-likeness (QED) is 0.686.